The van der Waals surface area contributed by atoms with Gasteiger partial charge in [-0.3, -0.25) is 9.09 Å². The number of halogens is 2. The fourth-order valence-electron chi connectivity index (χ4n) is 3.09. The van der Waals surface area contributed by atoms with E-state index in [0.717, 1.165) is 17.8 Å². The standard InChI is InChI=1S/C13H20F2N6O9P2/c1-12(14)9(22)13(15,4-28-32(26,27)30-31(23,24)25)29-10(12)21-5-17-6-7(20(2)3)18-11(16)19-8(6)21/h5,9-10,22H,4H2,1-3H3,(H,26,27)(H2,16,18,19)(H2,23,24,25)/t9-,10+,12+,13+/m0/s1. The predicted octanol–water partition coefficient (Wildman–Crippen LogP) is -0.0155. The third kappa shape index (κ3) is 4.62. The van der Waals surface area contributed by atoms with Crippen molar-refractivity contribution in [2.24, 2.45) is 0 Å². The summed E-state index contributed by atoms with van der Waals surface area (Å²) in [4.78, 5) is 40.1. The van der Waals surface area contributed by atoms with Crippen molar-refractivity contribution >= 4 is 38.6 Å². The van der Waals surface area contributed by atoms with E-state index in [1.54, 1.807) is 19.0 Å². The van der Waals surface area contributed by atoms with Gasteiger partial charge in [-0.25, -0.2) is 22.9 Å². The number of aromatic nitrogens is 4. The maximum Gasteiger partial charge on any atom is 0.481 e. The van der Waals surface area contributed by atoms with Gasteiger partial charge >= 0.3 is 15.6 Å². The summed E-state index contributed by atoms with van der Waals surface area (Å²) < 4.78 is 66.6. The number of fused-ring (bicyclic) bond motifs is 1. The Morgan fingerprint density at radius 2 is 1.94 bits per heavy atom. The zero-order valence-electron chi connectivity index (χ0n) is 16.7. The van der Waals surface area contributed by atoms with Gasteiger partial charge in [-0.05, 0) is 6.92 Å². The Labute approximate surface area is 178 Å². The molecule has 2 aromatic rings. The zero-order valence-corrected chi connectivity index (χ0v) is 18.5. The molecular formula is C13H20F2N6O9P2. The van der Waals surface area contributed by atoms with E-state index >= 15 is 8.78 Å². The fraction of sp³-hybridized carbons (Fsp3) is 0.615. The lowest BCUT2D eigenvalue weighted by Crippen LogP contribution is -2.46. The number of phosphoric ester groups is 1. The Kier molecular flexibility index (Phi) is 6.13. The number of ether oxygens (including phenoxy) is 1. The van der Waals surface area contributed by atoms with Crippen molar-refractivity contribution in [1.29, 1.82) is 0 Å². The van der Waals surface area contributed by atoms with E-state index in [0.29, 0.717) is 0 Å². The van der Waals surface area contributed by atoms with Crippen LogP contribution in [-0.4, -0.2) is 77.6 Å². The highest BCUT2D eigenvalue weighted by molar-refractivity contribution is 7.60. The number of aliphatic hydroxyl groups excluding tert-OH is 1. The molecule has 0 amide bonds. The van der Waals surface area contributed by atoms with Crippen molar-refractivity contribution in [3.8, 4) is 0 Å². The number of nitrogens with two attached hydrogens (primary N) is 1. The van der Waals surface area contributed by atoms with E-state index in [1.165, 1.54) is 0 Å². The molecule has 2 aromatic heterocycles. The van der Waals surface area contributed by atoms with Gasteiger partial charge in [0.2, 0.25) is 5.95 Å². The summed E-state index contributed by atoms with van der Waals surface area (Å²) in [6.07, 6.45) is -3.46. The van der Waals surface area contributed by atoms with Crippen LogP contribution in [0, 0.1) is 0 Å². The minimum absolute atomic E-state index is 0.0647. The third-order valence-corrected chi connectivity index (χ3v) is 6.60. The molecule has 0 bridgehead atoms. The largest absolute Gasteiger partial charge is 0.481 e. The van der Waals surface area contributed by atoms with Gasteiger partial charge < -0.3 is 35.2 Å². The molecule has 1 fully saturated rings. The van der Waals surface area contributed by atoms with Crippen molar-refractivity contribution in [3.05, 3.63) is 6.33 Å². The van der Waals surface area contributed by atoms with E-state index in [-0.39, 0.29) is 22.9 Å². The molecule has 180 valence electrons. The van der Waals surface area contributed by atoms with Crippen LogP contribution in [0.1, 0.15) is 13.2 Å². The number of alkyl halides is 2. The molecular weight excluding hydrogens is 484 g/mol. The lowest BCUT2D eigenvalue weighted by molar-refractivity contribution is -0.203. The molecule has 15 nitrogen and oxygen atoms in total. The second kappa shape index (κ2) is 7.90. The number of imidazole rings is 1. The van der Waals surface area contributed by atoms with Crippen molar-refractivity contribution in [1.82, 2.24) is 19.5 Å². The average Bonchev–Trinajstić information content (AvgIpc) is 3.11. The van der Waals surface area contributed by atoms with E-state index < -0.39 is 46.1 Å². The SMILES string of the molecule is CN(C)c1nc(N)nc2c1ncn2[C@@H]1O[C@](F)(COP(=O)(O)OP(=O)(O)O)[C@@H](O)[C@@]1(C)F. The highest BCUT2D eigenvalue weighted by Gasteiger charge is 2.65. The maximum atomic E-state index is 15.4. The number of phosphoric acid groups is 2. The lowest BCUT2D eigenvalue weighted by Gasteiger charge is -2.25. The maximum absolute atomic E-state index is 15.4. The van der Waals surface area contributed by atoms with Gasteiger partial charge in [0, 0.05) is 14.1 Å². The molecule has 0 radical (unpaired) electrons. The molecule has 19 heteroatoms. The first-order valence-electron chi connectivity index (χ1n) is 8.62. The molecule has 5 atom stereocenters. The Balaban J connectivity index is 1.95. The number of aliphatic hydroxyl groups is 1. The minimum Gasteiger partial charge on any atom is -0.384 e. The van der Waals surface area contributed by atoms with E-state index in [4.69, 9.17) is 20.3 Å². The molecule has 0 spiro atoms. The lowest BCUT2D eigenvalue weighted by atomic mass is 9.97. The zero-order chi connectivity index (χ0) is 24.3. The third-order valence-electron chi connectivity index (χ3n) is 4.46. The highest BCUT2D eigenvalue weighted by atomic mass is 31.3. The Morgan fingerprint density at radius 1 is 1.31 bits per heavy atom. The first-order valence-corrected chi connectivity index (χ1v) is 11.6. The Bertz CT molecular complexity index is 1130. The van der Waals surface area contributed by atoms with Gasteiger partial charge in [0.05, 0.1) is 6.33 Å². The number of nitrogens with zero attached hydrogens (tertiary/aromatic N) is 5. The van der Waals surface area contributed by atoms with Crippen LogP contribution in [0.3, 0.4) is 0 Å². The van der Waals surface area contributed by atoms with Crippen LogP contribution in [0.25, 0.3) is 11.2 Å². The average molecular weight is 504 g/mol. The van der Waals surface area contributed by atoms with Crippen LogP contribution in [0.4, 0.5) is 20.5 Å². The molecule has 3 heterocycles. The first kappa shape index (κ1) is 24.8. The van der Waals surface area contributed by atoms with Gasteiger partial charge in [0.15, 0.2) is 35.0 Å². The number of nitrogen functional groups attached to an aromatic ring is 1. The number of anilines is 2. The van der Waals surface area contributed by atoms with Crippen LogP contribution in [0.15, 0.2) is 6.33 Å². The van der Waals surface area contributed by atoms with E-state index in [2.05, 4.69) is 23.8 Å². The van der Waals surface area contributed by atoms with Gasteiger partial charge in [-0.2, -0.15) is 14.3 Å². The number of hydrogen-bond acceptors (Lipinski definition) is 11. The van der Waals surface area contributed by atoms with Gasteiger partial charge in [-0.1, -0.05) is 0 Å². The van der Waals surface area contributed by atoms with Crippen LogP contribution in [0.5, 0.6) is 0 Å². The summed E-state index contributed by atoms with van der Waals surface area (Å²) in [5.41, 5.74) is 2.90. The van der Waals surface area contributed by atoms with Gasteiger partial charge in [0.1, 0.15) is 6.61 Å². The van der Waals surface area contributed by atoms with Gasteiger partial charge in [0.25, 0.3) is 5.85 Å². The van der Waals surface area contributed by atoms with Crippen LogP contribution < -0.4 is 10.6 Å². The summed E-state index contributed by atoms with van der Waals surface area (Å²) in [7, 11) is -7.73. The smallest absolute Gasteiger partial charge is 0.384 e. The van der Waals surface area contributed by atoms with Crippen molar-refractivity contribution in [3.63, 3.8) is 0 Å². The minimum atomic E-state index is -5.50. The highest BCUT2D eigenvalue weighted by Crippen LogP contribution is 2.59. The topological polar surface area (TPSA) is 216 Å². The molecule has 3 rings (SSSR count). The fourth-order valence-corrected chi connectivity index (χ4v) is 4.70. The van der Waals surface area contributed by atoms with E-state index in [1.807, 2.05) is 0 Å². The quantitative estimate of drug-likeness (QED) is 0.314. The van der Waals surface area contributed by atoms with Crippen LogP contribution in [0.2, 0.25) is 0 Å². The van der Waals surface area contributed by atoms with Crippen molar-refractivity contribution in [2.45, 2.75) is 30.8 Å². The molecule has 1 aliphatic rings. The predicted molar refractivity (Wildman–Crippen MR) is 102 cm³/mol. The normalized spacial score (nSPS) is 30.5. The summed E-state index contributed by atoms with van der Waals surface area (Å²) >= 11 is 0. The molecule has 6 N–H and O–H groups in total. The Morgan fingerprint density at radius 3 is 2.50 bits per heavy atom. The summed E-state index contributed by atoms with van der Waals surface area (Å²) in [6, 6.07) is 0. The van der Waals surface area contributed by atoms with Gasteiger partial charge in [-0.15, -0.1) is 0 Å². The molecule has 1 aliphatic heterocycles. The van der Waals surface area contributed by atoms with Crippen LogP contribution in [-0.2, 0) is 22.7 Å². The molecule has 0 aromatic carbocycles. The molecule has 1 unspecified atom stereocenters. The Hall–Kier alpha value is -1.81. The van der Waals surface area contributed by atoms with Crippen LogP contribution >= 0.6 is 15.6 Å². The summed E-state index contributed by atoms with van der Waals surface area (Å²) in [5, 5.41) is 10.2. The molecule has 0 aliphatic carbocycles. The monoisotopic (exact) mass is 504 g/mol. The summed E-state index contributed by atoms with van der Waals surface area (Å²) in [5.74, 6) is -3.40. The molecule has 1 saturated heterocycles. The molecule has 0 saturated carbocycles. The second-order valence-electron chi connectivity index (χ2n) is 7.25. The van der Waals surface area contributed by atoms with Crippen molar-refractivity contribution < 1.29 is 51.3 Å². The number of rotatable bonds is 7. The van der Waals surface area contributed by atoms with Crippen molar-refractivity contribution in [2.75, 3.05) is 31.3 Å². The summed E-state index contributed by atoms with van der Waals surface area (Å²) in [6.45, 7) is -0.831. The van der Waals surface area contributed by atoms with E-state index in [9.17, 15) is 19.1 Å². The molecule has 32 heavy (non-hydrogen) atoms. The number of hydrogen-bond donors (Lipinski definition) is 5. The second-order valence-corrected chi connectivity index (χ2v) is 10.1. The first-order chi connectivity index (χ1) is 14.5.